The first kappa shape index (κ1) is 29.0. The lowest BCUT2D eigenvalue weighted by Crippen LogP contribution is -2.50. The molecule has 0 radical (unpaired) electrons. The van der Waals surface area contributed by atoms with Crippen LogP contribution in [0.3, 0.4) is 0 Å². The number of nitrogens with zero attached hydrogens (tertiary/aromatic N) is 4. The van der Waals surface area contributed by atoms with Gasteiger partial charge in [-0.1, -0.05) is 43.5 Å². The van der Waals surface area contributed by atoms with Crippen molar-refractivity contribution >= 4 is 33.2 Å². The number of carbonyl (C=O) groups excluding carboxylic acids is 1. The lowest BCUT2D eigenvalue weighted by molar-refractivity contribution is -0.384. The Kier molecular flexibility index (Phi) is 10.4. The standard InChI is InChI=1S/C25H32ClFN4O5S/c1-2-3-4-5-25(32)29(19-20-6-8-21(27)9-7-20)15-12-28-13-16-30(17-14-28)37(35,36)22-10-11-23(26)24(18-22)31(33)34/h6-11,18H,2-5,12-17,19H2,1H3. The highest BCUT2D eigenvalue weighted by molar-refractivity contribution is 7.89. The van der Waals surface area contributed by atoms with Gasteiger partial charge in [-0.15, -0.1) is 0 Å². The number of piperazine rings is 1. The average Bonchev–Trinajstić information content (AvgIpc) is 2.88. The van der Waals surface area contributed by atoms with Crippen molar-refractivity contribution in [2.45, 2.75) is 44.0 Å². The summed E-state index contributed by atoms with van der Waals surface area (Å²) in [6.45, 7) is 4.87. The number of carbonyl (C=O) groups is 1. The molecule has 1 amide bonds. The van der Waals surface area contributed by atoms with Crippen LogP contribution in [0.15, 0.2) is 47.4 Å². The molecule has 0 aliphatic carbocycles. The van der Waals surface area contributed by atoms with Crippen molar-refractivity contribution in [1.82, 2.24) is 14.1 Å². The molecule has 9 nitrogen and oxygen atoms in total. The highest BCUT2D eigenvalue weighted by Crippen LogP contribution is 2.29. The van der Waals surface area contributed by atoms with Crippen LogP contribution in [0.4, 0.5) is 10.1 Å². The number of sulfonamides is 1. The molecule has 1 aliphatic heterocycles. The third-order valence-electron chi connectivity index (χ3n) is 6.40. The number of rotatable bonds is 12. The second-order valence-electron chi connectivity index (χ2n) is 9.01. The van der Waals surface area contributed by atoms with E-state index in [4.69, 9.17) is 11.6 Å². The van der Waals surface area contributed by atoms with Crippen LogP contribution in [0.2, 0.25) is 5.02 Å². The molecule has 1 fully saturated rings. The average molecular weight is 555 g/mol. The minimum atomic E-state index is -3.91. The van der Waals surface area contributed by atoms with Gasteiger partial charge in [-0.05, 0) is 36.2 Å². The van der Waals surface area contributed by atoms with E-state index in [-0.39, 0.29) is 34.7 Å². The fourth-order valence-corrected chi connectivity index (χ4v) is 5.81. The maximum absolute atomic E-state index is 13.3. The number of nitro benzene ring substituents is 1. The molecule has 1 heterocycles. The summed E-state index contributed by atoms with van der Waals surface area (Å²) < 4.78 is 40.7. The van der Waals surface area contributed by atoms with Gasteiger partial charge in [0.05, 0.1) is 9.82 Å². The molecule has 2 aromatic carbocycles. The number of unbranched alkanes of at least 4 members (excludes halogenated alkanes) is 2. The molecule has 0 bridgehead atoms. The Morgan fingerprint density at radius 2 is 1.78 bits per heavy atom. The zero-order valence-corrected chi connectivity index (χ0v) is 22.4. The summed E-state index contributed by atoms with van der Waals surface area (Å²) in [6, 6.07) is 9.58. The Hall–Kier alpha value is -2.60. The quantitative estimate of drug-likeness (QED) is 0.220. The number of amides is 1. The summed E-state index contributed by atoms with van der Waals surface area (Å²) >= 11 is 5.82. The molecule has 0 spiro atoms. The van der Waals surface area contributed by atoms with Gasteiger partial charge in [0.15, 0.2) is 0 Å². The first-order chi connectivity index (χ1) is 17.6. The maximum Gasteiger partial charge on any atom is 0.289 e. The van der Waals surface area contributed by atoms with Gasteiger partial charge < -0.3 is 4.90 Å². The largest absolute Gasteiger partial charge is 0.337 e. The Labute approximate surface area is 222 Å². The van der Waals surface area contributed by atoms with Gasteiger partial charge in [-0.2, -0.15) is 4.31 Å². The van der Waals surface area contributed by atoms with E-state index in [2.05, 4.69) is 11.8 Å². The predicted octanol–water partition coefficient (Wildman–Crippen LogP) is 4.30. The summed E-state index contributed by atoms with van der Waals surface area (Å²) in [6.07, 6.45) is 3.26. The zero-order chi connectivity index (χ0) is 27.0. The molecule has 0 saturated carbocycles. The lowest BCUT2D eigenvalue weighted by Gasteiger charge is -2.35. The fourth-order valence-electron chi connectivity index (χ4n) is 4.18. The van der Waals surface area contributed by atoms with Gasteiger partial charge in [0.1, 0.15) is 10.8 Å². The highest BCUT2D eigenvalue weighted by atomic mass is 35.5. The zero-order valence-electron chi connectivity index (χ0n) is 20.8. The van der Waals surface area contributed by atoms with Crippen molar-refractivity contribution in [1.29, 1.82) is 0 Å². The molecule has 37 heavy (non-hydrogen) atoms. The summed E-state index contributed by atoms with van der Waals surface area (Å²) in [4.78, 5) is 27.0. The van der Waals surface area contributed by atoms with Crippen LogP contribution in [0.5, 0.6) is 0 Å². The van der Waals surface area contributed by atoms with E-state index < -0.39 is 20.6 Å². The maximum atomic E-state index is 13.3. The van der Waals surface area contributed by atoms with Crippen molar-refractivity contribution in [2.75, 3.05) is 39.3 Å². The van der Waals surface area contributed by atoms with Crippen molar-refractivity contribution in [3.05, 3.63) is 69.0 Å². The number of halogens is 2. The van der Waals surface area contributed by atoms with Gasteiger partial charge in [-0.3, -0.25) is 19.8 Å². The molecule has 1 aliphatic rings. The molecule has 0 atom stereocenters. The van der Waals surface area contributed by atoms with Gasteiger partial charge >= 0.3 is 0 Å². The molecule has 202 valence electrons. The van der Waals surface area contributed by atoms with Crippen molar-refractivity contribution < 1.29 is 22.5 Å². The van der Waals surface area contributed by atoms with E-state index in [1.807, 2.05) is 0 Å². The van der Waals surface area contributed by atoms with E-state index in [0.29, 0.717) is 39.1 Å². The normalized spacial score (nSPS) is 15.0. The fraction of sp³-hybridized carbons (Fsp3) is 0.480. The summed E-state index contributed by atoms with van der Waals surface area (Å²) in [5.41, 5.74) is 0.393. The molecule has 2 aromatic rings. The van der Waals surface area contributed by atoms with Crippen LogP contribution in [0, 0.1) is 15.9 Å². The molecular weight excluding hydrogens is 523 g/mol. The van der Waals surface area contributed by atoms with Gasteiger partial charge in [0.25, 0.3) is 5.69 Å². The van der Waals surface area contributed by atoms with Crippen molar-refractivity contribution in [2.24, 2.45) is 0 Å². The van der Waals surface area contributed by atoms with E-state index in [1.165, 1.54) is 28.6 Å². The molecule has 1 saturated heterocycles. The van der Waals surface area contributed by atoms with Gasteiger partial charge in [-0.25, -0.2) is 12.8 Å². The number of hydrogen-bond donors (Lipinski definition) is 0. The molecule has 12 heteroatoms. The Morgan fingerprint density at radius 1 is 1.11 bits per heavy atom. The van der Waals surface area contributed by atoms with Crippen LogP contribution in [-0.2, 0) is 21.4 Å². The second-order valence-corrected chi connectivity index (χ2v) is 11.4. The molecular formula is C25H32ClFN4O5S. The van der Waals surface area contributed by atoms with Crippen LogP contribution >= 0.6 is 11.6 Å². The first-order valence-corrected chi connectivity index (χ1v) is 14.1. The van der Waals surface area contributed by atoms with E-state index >= 15 is 0 Å². The Morgan fingerprint density at radius 3 is 2.41 bits per heavy atom. The van der Waals surface area contributed by atoms with Crippen molar-refractivity contribution in [3.63, 3.8) is 0 Å². The second kappa shape index (κ2) is 13.3. The minimum Gasteiger partial charge on any atom is -0.337 e. The molecule has 0 aromatic heterocycles. The molecule has 0 N–H and O–H groups in total. The third kappa shape index (κ3) is 7.94. The predicted molar refractivity (Wildman–Crippen MR) is 139 cm³/mol. The van der Waals surface area contributed by atoms with Crippen LogP contribution in [0.1, 0.15) is 38.2 Å². The van der Waals surface area contributed by atoms with E-state index in [1.54, 1.807) is 17.0 Å². The number of nitro groups is 1. The summed E-state index contributed by atoms with van der Waals surface area (Å²) in [7, 11) is -3.91. The lowest BCUT2D eigenvalue weighted by atomic mass is 10.1. The van der Waals surface area contributed by atoms with E-state index in [9.17, 15) is 27.7 Å². The van der Waals surface area contributed by atoms with Crippen LogP contribution < -0.4 is 0 Å². The first-order valence-electron chi connectivity index (χ1n) is 12.3. The van der Waals surface area contributed by atoms with Crippen LogP contribution in [-0.4, -0.2) is 72.6 Å². The number of hydrogen-bond acceptors (Lipinski definition) is 6. The van der Waals surface area contributed by atoms with Gasteiger partial charge in [0.2, 0.25) is 15.9 Å². The van der Waals surface area contributed by atoms with Crippen LogP contribution in [0.25, 0.3) is 0 Å². The summed E-state index contributed by atoms with van der Waals surface area (Å²) in [5, 5.41) is 11.0. The number of benzene rings is 2. The topological polar surface area (TPSA) is 104 Å². The highest BCUT2D eigenvalue weighted by Gasteiger charge is 2.30. The minimum absolute atomic E-state index is 0.0447. The van der Waals surface area contributed by atoms with Gasteiger partial charge in [0, 0.05) is 58.3 Å². The molecule has 3 rings (SSSR count). The Balaban J connectivity index is 1.60. The SMILES string of the molecule is CCCCCC(=O)N(CCN1CCN(S(=O)(=O)c2ccc(Cl)c([N+](=O)[O-])c2)CC1)Cc1ccc(F)cc1. The third-order valence-corrected chi connectivity index (χ3v) is 8.62. The van der Waals surface area contributed by atoms with Crippen molar-refractivity contribution in [3.8, 4) is 0 Å². The molecule has 0 unspecified atom stereocenters. The smallest absolute Gasteiger partial charge is 0.289 e. The Bertz CT molecular complexity index is 1190. The summed E-state index contributed by atoms with van der Waals surface area (Å²) in [5.74, 6) is -0.283. The van der Waals surface area contributed by atoms with E-state index in [0.717, 1.165) is 30.9 Å². The monoisotopic (exact) mass is 554 g/mol.